The Labute approximate surface area is 75.4 Å². The second-order valence-electron chi connectivity index (χ2n) is 3.35. The number of ketones is 1. The van der Waals surface area contributed by atoms with Gasteiger partial charge in [0.25, 0.3) is 0 Å². The number of hydrogen-bond acceptors (Lipinski definition) is 3. The van der Waals surface area contributed by atoms with Gasteiger partial charge < -0.3 is 10.2 Å². The van der Waals surface area contributed by atoms with Gasteiger partial charge in [-0.1, -0.05) is 0 Å². The lowest BCUT2D eigenvalue weighted by Crippen LogP contribution is -2.39. The first kappa shape index (κ1) is 11.6. The molecule has 0 aromatic rings. The van der Waals surface area contributed by atoms with Crippen LogP contribution in [0.15, 0.2) is 0 Å². The Morgan fingerprint density at radius 1 is 1.15 bits per heavy atom. The van der Waals surface area contributed by atoms with Crippen LogP contribution in [0.2, 0.25) is 0 Å². The van der Waals surface area contributed by atoms with Gasteiger partial charge in [-0.3, -0.25) is 14.4 Å². The average molecular weight is 188 g/mol. The van der Waals surface area contributed by atoms with Crippen molar-refractivity contribution in [3.8, 4) is 0 Å². The molecule has 0 rings (SSSR count). The van der Waals surface area contributed by atoms with Crippen molar-refractivity contribution >= 4 is 17.7 Å². The van der Waals surface area contributed by atoms with E-state index in [1.165, 1.54) is 20.8 Å². The molecule has 0 radical (unpaired) electrons. The van der Waals surface area contributed by atoms with Crippen molar-refractivity contribution < 1.29 is 24.6 Å². The van der Waals surface area contributed by atoms with Crippen LogP contribution in [-0.2, 0) is 14.4 Å². The molecule has 0 aromatic heterocycles. The van der Waals surface area contributed by atoms with Crippen LogP contribution in [0.4, 0.5) is 0 Å². The molecule has 13 heavy (non-hydrogen) atoms. The van der Waals surface area contributed by atoms with E-state index in [0.717, 1.165) is 0 Å². The van der Waals surface area contributed by atoms with Crippen LogP contribution in [0.3, 0.4) is 0 Å². The molecule has 0 fully saturated rings. The molecule has 0 aromatic carbocycles. The van der Waals surface area contributed by atoms with Crippen LogP contribution < -0.4 is 0 Å². The van der Waals surface area contributed by atoms with Crippen LogP contribution in [-0.4, -0.2) is 27.9 Å². The maximum absolute atomic E-state index is 11.3. The topological polar surface area (TPSA) is 91.7 Å². The number of carboxylic acids is 2. The first-order chi connectivity index (χ1) is 5.71. The Kier molecular flexibility index (Phi) is 3.17. The third-order valence-electron chi connectivity index (χ3n) is 1.91. The van der Waals surface area contributed by atoms with Crippen molar-refractivity contribution in [2.45, 2.75) is 20.8 Å². The highest BCUT2D eigenvalue weighted by Crippen LogP contribution is 2.21. The first-order valence-electron chi connectivity index (χ1n) is 3.71. The van der Waals surface area contributed by atoms with Crippen LogP contribution >= 0.6 is 0 Å². The molecule has 0 aliphatic heterocycles. The van der Waals surface area contributed by atoms with Gasteiger partial charge in [0.15, 0.2) is 5.78 Å². The van der Waals surface area contributed by atoms with E-state index in [9.17, 15) is 14.4 Å². The average Bonchev–Trinajstić information content (AvgIpc) is 2.01. The molecule has 74 valence electrons. The highest BCUT2D eigenvalue weighted by Gasteiger charge is 2.40. The van der Waals surface area contributed by atoms with Crippen molar-refractivity contribution in [3.63, 3.8) is 0 Å². The molecule has 0 spiro atoms. The Bertz CT molecular complexity index is 253. The third kappa shape index (κ3) is 2.27. The Morgan fingerprint density at radius 3 is 1.77 bits per heavy atom. The van der Waals surface area contributed by atoms with E-state index in [1.54, 1.807) is 0 Å². The number of carboxylic acid groups (broad SMARTS) is 2. The summed E-state index contributed by atoms with van der Waals surface area (Å²) in [5.41, 5.74) is -1.64. The van der Waals surface area contributed by atoms with E-state index in [-0.39, 0.29) is 0 Å². The van der Waals surface area contributed by atoms with Crippen molar-refractivity contribution in [1.82, 2.24) is 0 Å². The van der Waals surface area contributed by atoms with Crippen LogP contribution in [0.5, 0.6) is 0 Å². The summed E-state index contributed by atoms with van der Waals surface area (Å²) in [4.78, 5) is 32.3. The zero-order valence-electron chi connectivity index (χ0n) is 7.70. The number of carbonyl (C=O) groups excluding carboxylic acids is 1. The van der Waals surface area contributed by atoms with Gasteiger partial charge in [-0.15, -0.1) is 0 Å². The molecular weight excluding hydrogens is 176 g/mol. The smallest absolute Gasteiger partial charge is 0.316 e. The number of aliphatic carboxylic acids is 2. The number of rotatable bonds is 4. The number of hydrogen-bond donors (Lipinski definition) is 2. The zero-order valence-corrected chi connectivity index (χ0v) is 7.70. The molecular formula is C8H12O5. The van der Waals surface area contributed by atoms with E-state index in [0.29, 0.717) is 0 Å². The molecule has 0 saturated heterocycles. The lowest BCUT2D eigenvalue weighted by molar-refractivity contribution is -0.157. The first-order valence-corrected chi connectivity index (χ1v) is 3.71. The van der Waals surface area contributed by atoms with Gasteiger partial charge >= 0.3 is 11.9 Å². The molecule has 5 heteroatoms. The summed E-state index contributed by atoms with van der Waals surface area (Å²) in [6, 6.07) is 0. The van der Waals surface area contributed by atoms with E-state index < -0.39 is 29.1 Å². The molecule has 0 bridgehead atoms. The van der Waals surface area contributed by atoms with Crippen LogP contribution in [0.1, 0.15) is 20.8 Å². The number of Topliss-reactive ketones (excluding diaryl/α,β-unsaturated/α-hetero) is 1. The lowest BCUT2D eigenvalue weighted by atomic mass is 9.82. The summed E-state index contributed by atoms with van der Waals surface area (Å²) < 4.78 is 0. The predicted molar refractivity (Wildman–Crippen MR) is 43.2 cm³/mol. The minimum Gasteiger partial charge on any atom is -0.481 e. The van der Waals surface area contributed by atoms with Crippen molar-refractivity contribution in [2.75, 3.05) is 0 Å². The minimum absolute atomic E-state index is 0.799. The van der Waals surface area contributed by atoms with E-state index in [1.807, 2.05) is 0 Å². The SMILES string of the molecule is CC(C(=O)O)C(=O)C(C)(C)C(=O)O. The quantitative estimate of drug-likeness (QED) is 0.622. The van der Waals surface area contributed by atoms with Gasteiger partial charge in [-0.25, -0.2) is 0 Å². The molecule has 1 atom stereocenters. The maximum atomic E-state index is 11.3. The fourth-order valence-corrected chi connectivity index (χ4v) is 0.759. The van der Waals surface area contributed by atoms with E-state index in [4.69, 9.17) is 10.2 Å². The standard InChI is InChI=1S/C8H12O5/c1-4(6(10)11)5(9)8(2,3)7(12)13/h4H,1-3H3,(H,10,11)(H,12,13). The molecule has 0 saturated carbocycles. The maximum Gasteiger partial charge on any atom is 0.316 e. The van der Waals surface area contributed by atoms with Gasteiger partial charge in [-0.05, 0) is 20.8 Å². The fourth-order valence-electron chi connectivity index (χ4n) is 0.759. The van der Waals surface area contributed by atoms with Crippen molar-refractivity contribution in [3.05, 3.63) is 0 Å². The molecule has 2 N–H and O–H groups in total. The summed E-state index contributed by atoms with van der Waals surface area (Å²) in [6.07, 6.45) is 0. The summed E-state index contributed by atoms with van der Waals surface area (Å²) in [5.74, 6) is -4.71. The summed E-state index contributed by atoms with van der Waals surface area (Å²) >= 11 is 0. The predicted octanol–water partition coefficient (Wildman–Crippen LogP) is 0.387. The van der Waals surface area contributed by atoms with Crippen LogP contribution in [0.25, 0.3) is 0 Å². The minimum atomic E-state index is -1.64. The third-order valence-corrected chi connectivity index (χ3v) is 1.91. The Balaban J connectivity index is 4.79. The highest BCUT2D eigenvalue weighted by atomic mass is 16.4. The monoisotopic (exact) mass is 188 g/mol. The molecule has 0 amide bonds. The molecule has 1 unspecified atom stereocenters. The van der Waals surface area contributed by atoms with E-state index in [2.05, 4.69) is 0 Å². The van der Waals surface area contributed by atoms with Gasteiger partial charge in [0.2, 0.25) is 0 Å². The second kappa shape index (κ2) is 3.55. The normalized spacial score (nSPS) is 13.5. The van der Waals surface area contributed by atoms with Gasteiger partial charge in [0, 0.05) is 0 Å². The van der Waals surface area contributed by atoms with E-state index >= 15 is 0 Å². The summed E-state index contributed by atoms with van der Waals surface area (Å²) in [6.45, 7) is 3.56. The van der Waals surface area contributed by atoms with Crippen molar-refractivity contribution in [1.29, 1.82) is 0 Å². The van der Waals surface area contributed by atoms with Gasteiger partial charge in [0.05, 0.1) is 0 Å². The Hall–Kier alpha value is -1.39. The molecule has 5 nitrogen and oxygen atoms in total. The summed E-state index contributed by atoms with van der Waals surface area (Å²) in [5, 5.41) is 17.1. The number of carbonyl (C=O) groups is 3. The second-order valence-corrected chi connectivity index (χ2v) is 3.35. The lowest BCUT2D eigenvalue weighted by Gasteiger charge is -2.19. The molecule has 0 heterocycles. The zero-order chi connectivity index (χ0) is 10.8. The fraction of sp³-hybridized carbons (Fsp3) is 0.625. The highest BCUT2D eigenvalue weighted by molar-refractivity contribution is 6.09. The van der Waals surface area contributed by atoms with Crippen LogP contribution in [0, 0.1) is 11.3 Å². The van der Waals surface area contributed by atoms with Gasteiger partial charge in [0.1, 0.15) is 11.3 Å². The van der Waals surface area contributed by atoms with Gasteiger partial charge in [-0.2, -0.15) is 0 Å². The molecule has 0 aliphatic carbocycles. The Morgan fingerprint density at radius 2 is 1.54 bits per heavy atom. The molecule has 0 aliphatic rings. The summed E-state index contributed by atoms with van der Waals surface area (Å²) in [7, 11) is 0. The largest absolute Gasteiger partial charge is 0.481 e. The van der Waals surface area contributed by atoms with Crippen molar-refractivity contribution in [2.24, 2.45) is 11.3 Å².